The lowest BCUT2D eigenvalue weighted by molar-refractivity contribution is -0.114. The highest BCUT2D eigenvalue weighted by Crippen LogP contribution is 2.66. The summed E-state index contributed by atoms with van der Waals surface area (Å²) in [6, 6.07) is 5.31. The van der Waals surface area contributed by atoms with Crippen molar-refractivity contribution in [3.05, 3.63) is 40.7 Å². The summed E-state index contributed by atoms with van der Waals surface area (Å²) in [7, 11) is 0. The van der Waals surface area contributed by atoms with Gasteiger partial charge in [-0.2, -0.15) is 5.10 Å². The summed E-state index contributed by atoms with van der Waals surface area (Å²) in [5, 5.41) is 12.1. The van der Waals surface area contributed by atoms with Crippen molar-refractivity contribution in [2.75, 3.05) is 11.1 Å². The van der Waals surface area contributed by atoms with Crippen molar-refractivity contribution in [3.63, 3.8) is 0 Å². The van der Waals surface area contributed by atoms with E-state index in [-0.39, 0.29) is 28.3 Å². The smallest absolute Gasteiger partial charge is 0.221 e. The number of nitrogens with one attached hydrogen (secondary N) is 1. The number of hydrogen-bond acceptors (Lipinski definition) is 6. The Hall–Kier alpha value is -2.28. The van der Waals surface area contributed by atoms with Crippen molar-refractivity contribution >= 4 is 29.1 Å². The lowest BCUT2D eigenvalue weighted by atomic mass is 9.70. The Morgan fingerprint density at radius 1 is 1.24 bits per heavy atom. The molecule has 2 aliphatic rings. The fraction of sp³-hybridized carbons (Fsp3) is 0.500. The number of nitrogens with zero attached hydrogens (tertiary/aromatic N) is 3. The number of aryl methyl sites for hydroxylation is 1. The number of aromatic nitrogens is 3. The van der Waals surface area contributed by atoms with Gasteiger partial charge in [0.05, 0.1) is 17.1 Å². The van der Waals surface area contributed by atoms with E-state index in [2.05, 4.69) is 36.3 Å². The molecule has 2 aliphatic carbocycles. The molecule has 7 heteroatoms. The third-order valence-electron chi connectivity index (χ3n) is 6.96. The second-order valence-electron chi connectivity index (χ2n) is 8.90. The SMILES string of the molecule is CC(=O)Nc1ccc(C(=O)CSc2nnc3c(n2)[C@]2(C)CC[C@H]3C2(C)C)cc1C. The van der Waals surface area contributed by atoms with E-state index in [4.69, 9.17) is 4.98 Å². The number of hydrogen-bond donors (Lipinski definition) is 1. The van der Waals surface area contributed by atoms with Crippen LogP contribution in [0.25, 0.3) is 0 Å². The van der Waals surface area contributed by atoms with Crippen LogP contribution in [0.3, 0.4) is 0 Å². The summed E-state index contributed by atoms with van der Waals surface area (Å²) in [5.41, 5.74) is 4.48. The van der Waals surface area contributed by atoms with E-state index in [1.165, 1.54) is 18.7 Å². The first kappa shape index (κ1) is 20.0. The van der Waals surface area contributed by atoms with Crippen LogP contribution in [0, 0.1) is 12.3 Å². The molecule has 2 atom stereocenters. The van der Waals surface area contributed by atoms with Gasteiger partial charge in [-0.15, -0.1) is 5.10 Å². The molecule has 1 aromatic carbocycles. The number of thioether (sulfide) groups is 1. The number of amides is 1. The van der Waals surface area contributed by atoms with Gasteiger partial charge < -0.3 is 5.32 Å². The normalized spacial score (nSPS) is 23.7. The Labute approximate surface area is 175 Å². The maximum Gasteiger partial charge on any atom is 0.221 e. The first-order chi connectivity index (χ1) is 13.6. The Morgan fingerprint density at radius 2 is 2.00 bits per heavy atom. The number of rotatable bonds is 5. The number of anilines is 1. The molecule has 29 heavy (non-hydrogen) atoms. The summed E-state index contributed by atoms with van der Waals surface area (Å²) >= 11 is 1.33. The molecule has 6 nitrogen and oxygen atoms in total. The van der Waals surface area contributed by atoms with Crippen LogP contribution in [0.4, 0.5) is 5.69 Å². The summed E-state index contributed by atoms with van der Waals surface area (Å²) in [5.74, 6) is 0.551. The molecule has 1 heterocycles. The molecular formula is C22H26N4O2S. The molecule has 0 radical (unpaired) electrons. The van der Waals surface area contributed by atoms with Gasteiger partial charge >= 0.3 is 0 Å². The van der Waals surface area contributed by atoms with E-state index >= 15 is 0 Å². The average Bonchev–Trinajstić information content (AvgIpc) is 2.99. The molecule has 2 aromatic rings. The molecular weight excluding hydrogens is 384 g/mol. The second kappa shape index (κ2) is 6.90. The standard InChI is InChI=1S/C22H26N4O2S/c1-12-10-14(6-7-16(12)23-13(2)27)17(28)11-29-20-24-19-18(25-26-20)15-8-9-22(19,5)21(15,3)4/h6-7,10,15H,8-9,11H2,1-5H3,(H,23,27)/t15-,22+/m1/s1. The van der Waals surface area contributed by atoms with Crippen LogP contribution < -0.4 is 5.32 Å². The largest absolute Gasteiger partial charge is 0.326 e. The topological polar surface area (TPSA) is 84.8 Å². The fourth-order valence-electron chi connectivity index (χ4n) is 4.80. The van der Waals surface area contributed by atoms with Gasteiger partial charge in [0.15, 0.2) is 5.78 Å². The third-order valence-corrected chi connectivity index (χ3v) is 7.80. The Bertz CT molecular complexity index is 1020. The molecule has 0 saturated heterocycles. The van der Waals surface area contributed by atoms with Gasteiger partial charge in [-0.3, -0.25) is 9.59 Å². The quantitative estimate of drug-likeness (QED) is 0.585. The summed E-state index contributed by atoms with van der Waals surface area (Å²) in [6.45, 7) is 10.2. The van der Waals surface area contributed by atoms with Crippen LogP contribution in [0.5, 0.6) is 0 Å². The van der Waals surface area contributed by atoms with Gasteiger partial charge in [0, 0.05) is 29.5 Å². The van der Waals surface area contributed by atoms with E-state index < -0.39 is 0 Å². The number of ketones is 1. The number of Topliss-reactive ketones (excluding diaryl/α,β-unsaturated/α-hetero) is 1. The van der Waals surface area contributed by atoms with Crippen LogP contribution in [-0.4, -0.2) is 32.6 Å². The zero-order valence-electron chi connectivity index (χ0n) is 17.5. The number of fused-ring (bicyclic) bond motifs is 5. The van der Waals surface area contributed by atoms with E-state index in [9.17, 15) is 9.59 Å². The highest BCUT2D eigenvalue weighted by Gasteiger charge is 2.61. The Balaban J connectivity index is 1.48. The molecule has 1 fully saturated rings. The number of carbonyl (C=O) groups is 2. The van der Waals surface area contributed by atoms with Gasteiger partial charge in [0.2, 0.25) is 11.1 Å². The summed E-state index contributed by atoms with van der Waals surface area (Å²) < 4.78 is 0. The lowest BCUT2D eigenvalue weighted by Gasteiger charge is -2.33. The fourth-order valence-corrected chi connectivity index (χ4v) is 5.49. The van der Waals surface area contributed by atoms with Gasteiger partial charge in [0.25, 0.3) is 0 Å². The summed E-state index contributed by atoms with van der Waals surface area (Å²) in [4.78, 5) is 28.7. The minimum absolute atomic E-state index is 0.00429. The Morgan fingerprint density at radius 3 is 2.69 bits per heavy atom. The maximum absolute atomic E-state index is 12.6. The van der Waals surface area contributed by atoms with Gasteiger partial charge in [0.1, 0.15) is 0 Å². The summed E-state index contributed by atoms with van der Waals surface area (Å²) in [6.07, 6.45) is 2.27. The first-order valence-electron chi connectivity index (χ1n) is 9.93. The number of benzene rings is 1. The van der Waals surface area contributed by atoms with E-state index in [1.54, 1.807) is 18.2 Å². The van der Waals surface area contributed by atoms with Crippen LogP contribution in [0.2, 0.25) is 0 Å². The van der Waals surface area contributed by atoms with Crippen molar-refractivity contribution in [2.24, 2.45) is 5.41 Å². The highest BCUT2D eigenvalue weighted by atomic mass is 32.2. The number of carbonyl (C=O) groups excluding carboxylic acids is 2. The van der Waals surface area contributed by atoms with E-state index in [0.717, 1.165) is 35.5 Å². The minimum atomic E-state index is -0.130. The average molecular weight is 411 g/mol. The second-order valence-corrected chi connectivity index (χ2v) is 9.84. The zero-order chi connectivity index (χ0) is 21.0. The van der Waals surface area contributed by atoms with Crippen molar-refractivity contribution in [1.29, 1.82) is 0 Å². The van der Waals surface area contributed by atoms with Crippen molar-refractivity contribution in [3.8, 4) is 0 Å². The molecule has 0 unspecified atom stereocenters. The highest BCUT2D eigenvalue weighted by molar-refractivity contribution is 7.99. The molecule has 1 aromatic heterocycles. The van der Waals surface area contributed by atoms with Gasteiger partial charge in [-0.05, 0) is 48.9 Å². The molecule has 2 bridgehead atoms. The van der Waals surface area contributed by atoms with E-state index in [1.807, 2.05) is 6.92 Å². The van der Waals surface area contributed by atoms with E-state index in [0.29, 0.717) is 16.6 Å². The van der Waals surface area contributed by atoms with Crippen molar-refractivity contribution in [2.45, 2.75) is 63.9 Å². The third kappa shape index (κ3) is 3.16. The van der Waals surface area contributed by atoms with Crippen molar-refractivity contribution < 1.29 is 9.59 Å². The molecule has 1 saturated carbocycles. The van der Waals surface area contributed by atoms with Crippen LogP contribution >= 0.6 is 11.8 Å². The molecule has 1 N–H and O–H groups in total. The minimum Gasteiger partial charge on any atom is -0.326 e. The molecule has 1 amide bonds. The molecule has 0 aliphatic heterocycles. The predicted octanol–water partition coefficient (Wildman–Crippen LogP) is 4.29. The Kier molecular flexibility index (Phi) is 4.76. The van der Waals surface area contributed by atoms with Gasteiger partial charge in [-0.25, -0.2) is 4.98 Å². The lowest BCUT2D eigenvalue weighted by Crippen LogP contribution is -2.32. The monoisotopic (exact) mass is 410 g/mol. The maximum atomic E-state index is 12.6. The first-order valence-corrected chi connectivity index (χ1v) is 10.9. The molecule has 0 spiro atoms. The van der Waals surface area contributed by atoms with Crippen LogP contribution in [0.15, 0.2) is 23.4 Å². The zero-order valence-corrected chi connectivity index (χ0v) is 18.3. The predicted molar refractivity (Wildman–Crippen MR) is 113 cm³/mol. The molecule has 4 rings (SSSR count). The van der Waals surface area contributed by atoms with Crippen LogP contribution in [0.1, 0.15) is 73.8 Å². The van der Waals surface area contributed by atoms with Crippen LogP contribution in [-0.2, 0) is 10.2 Å². The van der Waals surface area contributed by atoms with Crippen molar-refractivity contribution in [1.82, 2.24) is 15.2 Å². The van der Waals surface area contributed by atoms with Gasteiger partial charge in [-0.1, -0.05) is 32.5 Å². The molecule has 152 valence electrons.